The summed E-state index contributed by atoms with van der Waals surface area (Å²) in [6.07, 6.45) is 1.71. The number of amides is 1. The molecule has 0 aromatic heterocycles. The van der Waals surface area contributed by atoms with Crippen LogP contribution >= 0.6 is 0 Å². The highest BCUT2D eigenvalue weighted by molar-refractivity contribution is 5.91. The SMILES string of the molecule is C/C=C(\OC(C)C)C(=O)NC(C)C. The van der Waals surface area contributed by atoms with Crippen molar-refractivity contribution in [1.82, 2.24) is 5.32 Å². The van der Waals surface area contributed by atoms with Crippen LogP contribution in [0.15, 0.2) is 11.8 Å². The van der Waals surface area contributed by atoms with Crippen molar-refractivity contribution in [2.45, 2.75) is 46.8 Å². The van der Waals surface area contributed by atoms with E-state index in [1.807, 2.05) is 27.7 Å². The lowest BCUT2D eigenvalue weighted by Gasteiger charge is -2.14. The molecule has 0 fully saturated rings. The highest BCUT2D eigenvalue weighted by Gasteiger charge is 2.11. The lowest BCUT2D eigenvalue weighted by Crippen LogP contribution is -2.32. The molecule has 0 aromatic carbocycles. The molecule has 0 rings (SSSR count). The van der Waals surface area contributed by atoms with Gasteiger partial charge in [0.1, 0.15) is 0 Å². The van der Waals surface area contributed by atoms with Crippen molar-refractivity contribution in [2.75, 3.05) is 0 Å². The number of allylic oxidation sites excluding steroid dienone is 1. The molecule has 0 saturated carbocycles. The zero-order valence-corrected chi connectivity index (χ0v) is 9.05. The first-order chi connectivity index (χ1) is 5.97. The Labute approximate surface area is 80.2 Å². The number of rotatable bonds is 4. The van der Waals surface area contributed by atoms with E-state index in [4.69, 9.17) is 4.74 Å². The Morgan fingerprint density at radius 3 is 2.15 bits per heavy atom. The fraction of sp³-hybridized carbons (Fsp3) is 0.700. The number of carbonyl (C=O) groups is 1. The fourth-order valence-electron chi connectivity index (χ4n) is 0.840. The van der Waals surface area contributed by atoms with Crippen molar-refractivity contribution in [1.29, 1.82) is 0 Å². The second kappa shape index (κ2) is 5.62. The van der Waals surface area contributed by atoms with E-state index in [2.05, 4.69) is 5.32 Å². The summed E-state index contributed by atoms with van der Waals surface area (Å²) in [5, 5.41) is 2.77. The lowest BCUT2D eigenvalue weighted by molar-refractivity contribution is -0.122. The van der Waals surface area contributed by atoms with Gasteiger partial charge in [-0.1, -0.05) is 0 Å². The Morgan fingerprint density at radius 1 is 1.31 bits per heavy atom. The van der Waals surface area contributed by atoms with Crippen molar-refractivity contribution < 1.29 is 9.53 Å². The molecule has 3 heteroatoms. The predicted octanol–water partition coefficient (Wildman–Crippen LogP) is 1.84. The summed E-state index contributed by atoms with van der Waals surface area (Å²) >= 11 is 0. The number of hydrogen-bond donors (Lipinski definition) is 1. The smallest absolute Gasteiger partial charge is 0.286 e. The van der Waals surface area contributed by atoms with Crippen molar-refractivity contribution in [3.8, 4) is 0 Å². The first-order valence-electron chi connectivity index (χ1n) is 4.61. The van der Waals surface area contributed by atoms with Crippen LogP contribution in [0.1, 0.15) is 34.6 Å². The summed E-state index contributed by atoms with van der Waals surface area (Å²) < 4.78 is 5.31. The molecule has 1 N–H and O–H groups in total. The standard InChI is InChI=1S/C10H19NO2/c1-6-9(13-8(4)5)10(12)11-7(2)3/h6-8H,1-5H3,(H,11,12)/b9-6-. The predicted molar refractivity (Wildman–Crippen MR) is 53.3 cm³/mol. The largest absolute Gasteiger partial charge is 0.486 e. The molecule has 76 valence electrons. The summed E-state index contributed by atoms with van der Waals surface area (Å²) in [5.74, 6) is 0.245. The van der Waals surface area contributed by atoms with Crippen molar-refractivity contribution in [2.24, 2.45) is 0 Å². The average Bonchev–Trinajstić information content (AvgIpc) is 1.98. The maximum atomic E-state index is 11.4. The third kappa shape index (κ3) is 5.28. The molecule has 0 aliphatic carbocycles. The molecule has 0 heterocycles. The molecular weight excluding hydrogens is 166 g/mol. The molecule has 0 aliphatic rings. The minimum Gasteiger partial charge on any atom is -0.486 e. The van der Waals surface area contributed by atoms with Gasteiger partial charge >= 0.3 is 0 Å². The maximum Gasteiger partial charge on any atom is 0.286 e. The molecule has 0 atom stereocenters. The lowest BCUT2D eigenvalue weighted by atomic mass is 10.3. The molecule has 0 aromatic rings. The molecule has 13 heavy (non-hydrogen) atoms. The topological polar surface area (TPSA) is 38.3 Å². The monoisotopic (exact) mass is 185 g/mol. The van der Waals surface area contributed by atoms with Gasteiger partial charge in [-0.3, -0.25) is 4.79 Å². The molecular formula is C10H19NO2. The van der Waals surface area contributed by atoms with Gasteiger partial charge in [0.15, 0.2) is 5.76 Å². The Morgan fingerprint density at radius 2 is 1.85 bits per heavy atom. The van der Waals surface area contributed by atoms with E-state index in [0.717, 1.165) is 0 Å². The minimum absolute atomic E-state index is 0.0316. The Kier molecular flexibility index (Phi) is 5.19. The van der Waals surface area contributed by atoms with E-state index in [1.165, 1.54) is 0 Å². The van der Waals surface area contributed by atoms with E-state index in [-0.39, 0.29) is 18.1 Å². The first kappa shape index (κ1) is 12.0. The number of nitrogens with one attached hydrogen (secondary N) is 1. The fourth-order valence-corrected chi connectivity index (χ4v) is 0.840. The summed E-state index contributed by atoms with van der Waals surface area (Å²) in [7, 11) is 0. The molecule has 0 radical (unpaired) electrons. The minimum atomic E-state index is -0.147. The summed E-state index contributed by atoms with van der Waals surface area (Å²) in [4.78, 5) is 11.4. The van der Waals surface area contributed by atoms with E-state index in [1.54, 1.807) is 13.0 Å². The molecule has 1 amide bonds. The van der Waals surface area contributed by atoms with Crippen molar-refractivity contribution in [3.63, 3.8) is 0 Å². The second-order valence-electron chi connectivity index (χ2n) is 3.45. The highest BCUT2D eigenvalue weighted by atomic mass is 16.5. The van der Waals surface area contributed by atoms with Crippen LogP contribution < -0.4 is 5.32 Å². The van der Waals surface area contributed by atoms with Gasteiger partial charge in [-0.2, -0.15) is 0 Å². The van der Waals surface area contributed by atoms with Crippen molar-refractivity contribution >= 4 is 5.91 Å². The van der Waals surface area contributed by atoms with Crippen LogP contribution in [0.3, 0.4) is 0 Å². The van der Waals surface area contributed by atoms with E-state index >= 15 is 0 Å². The number of hydrogen-bond acceptors (Lipinski definition) is 2. The third-order valence-electron chi connectivity index (χ3n) is 1.27. The zero-order valence-electron chi connectivity index (χ0n) is 9.05. The number of carbonyl (C=O) groups excluding carboxylic acids is 1. The maximum absolute atomic E-state index is 11.4. The Hall–Kier alpha value is -0.990. The van der Waals surface area contributed by atoms with Gasteiger partial charge in [0.25, 0.3) is 5.91 Å². The Balaban J connectivity index is 4.18. The second-order valence-corrected chi connectivity index (χ2v) is 3.45. The summed E-state index contributed by atoms with van der Waals surface area (Å²) in [6, 6.07) is 0.137. The van der Waals surface area contributed by atoms with Crippen LogP contribution in [0.25, 0.3) is 0 Å². The van der Waals surface area contributed by atoms with Crippen LogP contribution in [-0.2, 0) is 9.53 Å². The molecule has 0 unspecified atom stereocenters. The molecule has 3 nitrogen and oxygen atoms in total. The van der Waals surface area contributed by atoms with Crippen LogP contribution in [0, 0.1) is 0 Å². The first-order valence-corrected chi connectivity index (χ1v) is 4.61. The number of ether oxygens (including phenoxy) is 1. The van der Waals surface area contributed by atoms with Gasteiger partial charge in [0, 0.05) is 6.04 Å². The average molecular weight is 185 g/mol. The van der Waals surface area contributed by atoms with Crippen LogP contribution in [0.5, 0.6) is 0 Å². The summed E-state index contributed by atoms with van der Waals surface area (Å²) in [6.45, 7) is 9.41. The molecule has 0 bridgehead atoms. The van der Waals surface area contributed by atoms with Crippen LogP contribution in [0.2, 0.25) is 0 Å². The molecule has 0 spiro atoms. The van der Waals surface area contributed by atoms with E-state index in [0.29, 0.717) is 5.76 Å². The van der Waals surface area contributed by atoms with Gasteiger partial charge < -0.3 is 10.1 Å². The van der Waals surface area contributed by atoms with Crippen LogP contribution in [0.4, 0.5) is 0 Å². The van der Waals surface area contributed by atoms with Gasteiger partial charge in [-0.25, -0.2) is 0 Å². The Bertz CT molecular complexity index is 195. The normalized spacial score (nSPS) is 12.1. The van der Waals surface area contributed by atoms with E-state index < -0.39 is 0 Å². The highest BCUT2D eigenvalue weighted by Crippen LogP contribution is 2.02. The molecule has 0 saturated heterocycles. The van der Waals surface area contributed by atoms with Gasteiger partial charge in [0.05, 0.1) is 6.10 Å². The van der Waals surface area contributed by atoms with Gasteiger partial charge in [-0.05, 0) is 40.7 Å². The van der Waals surface area contributed by atoms with Crippen molar-refractivity contribution in [3.05, 3.63) is 11.8 Å². The third-order valence-corrected chi connectivity index (χ3v) is 1.27. The van der Waals surface area contributed by atoms with Crippen LogP contribution in [-0.4, -0.2) is 18.1 Å². The quantitative estimate of drug-likeness (QED) is 0.536. The van der Waals surface area contributed by atoms with E-state index in [9.17, 15) is 4.79 Å². The summed E-state index contributed by atoms with van der Waals surface area (Å²) in [5.41, 5.74) is 0. The zero-order chi connectivity index (χ0) is 10.4. The van der Waals surface area contributed by atoms with Gasteiger partial charge in [0.2, 0.25) is 0 Å². The van der Waals surface area contributed by atoms with Gasteiger partial charge in [-0.15, -0.1) is 0 Å². The molecule has 0 aliphatic heterocycles.